The lowest BCUT2D eigenvalue weighted by atomic mass is 9.91. The Hall–Kier alpha value is -0.113. The van der Waals surface area contributed by atoms with Crippen LogP contribution in [0.2, 0.25) is 18.1 Å². The number of rotatable bonds is 5. The van der Waals surface area contributed by atoms with E-state index >= 15 is 0 Å². The molecule has 0 spiro atoms. The van der Waals surface area contributed by atoms with Crippen LogP contribution < -0.4 is 0 Å². The van der Waals surface area contributed by atoms with E-state index in [1.165, 1.54) is 0 Å². The Morgan fingerprint density at radius 2 is 2.05 bits per heavy atom. The first-order valence-electron chi connectivity index (χ1n) is 7.71. The predicted octanol–water partition coefficient (Wildman–Crippen LogP) is 3.50. The van der Waals surface area contributed by atoms with Gasteiger partial charge in [0.25, 0.3) is 0 Å². The van der Waals surface area contributed by atoms with Crippen LogP contribution in [0, 0.1) is 5.92 Å². The Bertz CT molecular complexity index is 527. The highest BCUT2D eigenvalue weighted by molar-refractivity contribution is 8.17. The number of hydrogen-bond acceptors (Lipinski definition) is 4. The van der Waals surface area contributed by atoms with Crippen molar-refractivity contribution < 1.29 is 13.4 Å². The van der Waals surface area contributed by atoms with Gasteiger partial charge in [-0.3, -0.25) is 9.00 Å². The third-order valence-electron chi connectivity index (χ3n) is 4.94. The smallest absolute Gasteiger partial charge is 0.236 e. The third kappa shape index (κ3) is 3.09. The second-order valence-electron chi connectivity index (χ2n) is 7.51. The first-order chi connectivity index (χ1) is 9.99. The van der Waals surface area contributed by atoms with Crippen molar-refractivity contribution in [3.8, 4) is 0 Å². The number of hydrogen-bond donors (Lipinski definition) is 0. The lowest BCUT2D eigenvalue weighted by Gasteiger charge is -2.48. The summed E-state index contributed by atoms with van der Waals surface area (Å²) in [5.41, 5.74) is 0. The van der Waals surface area contributed by atoms with Crippen molar-refractivity contribution in [3.63, 3.8) is 0 Å². The molecular formula is C15H27NO3S2Si. The van der Waals surface area contributed by atoms with Crippen molar-refractivity contribution in [1.29, 1.82) is 0 Å². The molecule has 4 atom stereocenters. The maximum absolute atomic E-state index is 12.5. The highest BCUT2D eigenvalue weighted by atomic mass is 32.2. The molecule has 0 aliphatic carbocycles. The van der Waals surface area contributed by atoms with Gasteiger partial charge in [0.1, 0.15) is 5.37 Å². The van der Waals surface area contributed by atoms with Crippen LogP contribution in [-0.4, -0.2) is 41.1 Å². The largest absolute Gasteiger partial charge is 0.413 e. The van der Waals surface area contributed by atoms with Crippen molar-refractivity contribution in [3.05, 3.63) is 10.4 Å². The third-order valence-corrected chi connectivity index (χ3v) is 12.2. The lowest BCUT2D eigenvalue weighted by molar-refractivity contribution is -0.151. The normalized spacial score (nSPS) is 28.0. The van der Waals surface area contributed by atoms with E-state index in [1.54, 1.807) is 29.1 Å². The van der Waals surface area contributed by atoms with Gasteiger partial charge in [0.15, 0.2) is 8.32 Å². The van der Waals surface area contributed by atoms with Gasteiger partial charge < -0.3 is 9.33 Å². The van der Waals surface area contributed by atoms with Crippen LogP contribution in [-0.2, 0) is 20.0 Å². The summed E-state index contributed by atoms with van der Waals surface area (Å²) in [5.74, 6) is 0.00457. The van der Waals surface area contributed by atoms with E-state index in [0.717, 1.165) is 10.7 Å². The molecule has 2 aliphatic rings. The predicted molar refractivity (Wildman–Crippen MR) is 96.2 cm³/mol. The molecule has 2 aliphatic heterocycles. The van der Waals surface area contributed by atoms with E-state index in [0.29, 0.717) is 0 Å². The molecular weight excluding hydrogens is 334 g/mol. The van der Waals surface area contributed by atoms with Crippen molar-refractivity contribution in [2.75, 3.05) is 6.26 Å². The van der Waals surface area contributed by atoms with E-state index in [9.17, 15) is 9.00 Å². The van der Waals surface area contributed by atoms with Gasteiger partial charge >= 0.3 is 0 Å². The number of carbonyl (C=O) groups is 1. The summed E-state index contributed by atoms with van der Waals surface area (Å²) in [7, 11) is -2.93. The maximum atomic E-state index is 12.5. The van der Waals surface area contributed by atoms with Crippen molar-refractivity contribution in [2.24, 2.45) is 5.92 Å². The highest BCUT2D eigenvalue weighted by Crippen LogP contribution is 2.49. The zero-order valence-corrected chi connectivity index (χ0v) is 17.1. The van der Waals surface area contributed by atoms with Gasteiger partial charge in [-0.25, -0.2) is 0 Å². The Kier molecular flexibility index (Phi) is 5.03. The molecule has 22 heavy (non-hydrogen) atoms. The van der Waals surface area contributed by atoms with E-state index in [2.05, 4.69) is 40.8 Å². The van der Waals surface area contributed by atoms with Crippen LogP contribution in [0.25, 0.3) is 0 Å². The molecule has 0 aromatic heterocycles. The maximum Gasteiger partial charge on any atom is 0.236 e. The summed E-state index contributed by atoms with van der Waals surface area (Å²) in [6.45, 7) is 13.2. The van der Waals surface area contributed by atoms with Gasteiger partial charge in [0.05, 0.1) is 27.1 Å². The number of β-lactam (4-membered cyclic amide) rings is 1. The molecule has 4 nitrogen and oxygen atoms in total. The number of fused-ring (bicyclic) bond motifs is 1. The van der Waals surface area contributed by atoms with Crippen LogP contribution in [0.3, 0.4) is 0 Å². The summed E-state index contributed by atoms with van der Waals surface area (Å²) in [6.07, 6.45) is 4.20. The van der Waals surface area contributed by atoms with Crippen LogP contribution in [0.4, 0.5) is 0 Å². The Balaban J connectivity index is 2.12. The minimum absolute atomic E-state index is 0.0415. The molecule has 0 bridgehead atoms. The van der Waals surface area contributed by atoms with Gasteiger partial charge in [-0.1, -0.05) is 39.5 Å². The second kappa shape index (κ2) is 6.07. The molecule has 0 aromatic carbocycles. The second-order valence-corrected chi connectivity index (χ2v) is 15.0. The molecule has 1 fully saturated rings. The van der Waals surface area contributed by atoms with Crippen LogP contribution in [0.5, 0.6) is 0 Å². The Morgan fingerprint density at radius 1 is 1.45 bits per heavy atom. The number of thioether (sulfide) groups is 1. The first kappa shape index (κ1) is 18.2. The molecule has 0 aromatic rings. The summed E-state index contributed by atoms with van der Waals surface area (Å²) in [5, 5.41) is 0.199. The molecule has 7 heteroatoms. The molecule has 1 amide bonds. The van der Waals surface area contributed by atoms with Crippen LogP contribution >= 0.6 is 11.8 Å². The van der Waals surface area contributed by atoms with Gasteiger partial charge in [-0.2, -0.15) is 0 Å². The number of nitrogens with zero attached hydrogens (tertiary/aromatic N) is 1. The van der Waals surface area contributed by atoms with Crippen molar-refractivity contribution in [1.82, 2.24) is 4.90 Å². The van der Waals surface area contributed by atoms with E-state index in [-0.39, 0.29) is 28.3 Å². The van der Waals surface area contributed by atoms with E-state index in [1.807, 2.05) is 0 Å². The summed E-state index contributed by atoms with van der Waals surface area (Å²) >= 11 is 1.56. The summed E-state index contributed by atoms with van der Waals surface area (Å²) in [4.78, 5) is 14.2. The molecule has 0 saturated carbocycles. The summed E-state index contributed by atoms with van der Waals surface area (Å²) < 4.78 is 18.9. The van der Waals surface area contributed by atoms with Crippen molar-refractivity contribution >= 4 is 36.8 Å². The van der Waals surface area contributed by atoms with Crippen LogP contribution in [0.15, 0.2) is 10.4 Å². The highest BCUT2D eigenvalue weighted by Gasteiger charge is 2.55. The first-order valence-corrected chi connectivity index (χ1v) is 13.1. The minimum atomic E-state index is -1.90. The van der Waals surface area contributed by atoms with Crippen molar-refractivity contribution in [2.45, 2.75) is 63.7 Å². The Morgan fingerprint density at radius 3 is 2.50 bits per heavy atom. The fraction of sp³-hybridized carbons (Fsp3) is 0.800. The quantitative estimate of drug-likeness (QED) is 0.555. The molecule has 2 rings (SSSR count). The monoisotopic (exact) mass is 361 g/mol. The number of amides is 1. The van der Waals surface area contributed by atoms with Gasteiger partial charge in [-0.05, 0) is 24.6 Å². The topological polar surface area (TPSA) is 46.6 Å². The minimum Gasteiger partial charge on any atom is -0.413 e. The zero-order valence-electron chi connectivity index (χ0n) is 14.5. The fourth-order valence-corrected chi connectivity index (χ4v) is 6.14. The van der Waals surface area contributed by atoms with E-state index in [4.69, 9.17) is 4.43 Å². The molecule has 0 N–H and O–H groups in total. The summed E-state index contributed by atoms with van der Waals surface area (Å²) in [6, 6.07) is 0. The zero-order chi connectivity index (χ0) is 16.9. The Labute approximate surface area is 141 Å². The van der Waals surface area contributed by atoms with E-state index < -0.39 is 19.1 Å². The van der Waals surface area contributed by atoms with Gasteiger partial charge in [0.2, 0.25) is 5.91 Å². The lowest BCUT2D eigenvalue weighted by Crippen LogP contribution is -2.61. The average Bonchev–Trinajstić information content (AvgIpc) is 2.76. The SMILES string of the molecule is CC[C@H](O[Si](C)(C)C(C)(C)C)[C@@H]1C(=O)N2C=C(S(C)=O)S[C@H]12. The molecule has 0 radical (unpaired) electrons. The average molecular weight is 362 g/mol. The molecule has 1 unspecified atom stereocenters. The van der Waals surface area contributed by atoms with Gasteiger partial charge in [0, 0.05) is 12.5 Å². The van der Waals surface area contributed by atoms with Gasteiger partial charge in [-0.15, -0.1) is 0 Å². The van der Waals surface area contributed by atoms with Crippen LogP contribution in [0.1, 0.15) is 34.1 Å². The molecule has 1 saturated heterocycles. The molecule has 126 valence electrons. The standard InChI is InChI=1S/C15H27NO3S2Si/c1-8-10(19-22(6,7)15(2,3)4)12-13(17)16-9-11(21(5)18)20-14(12)16/h9-10,12,14H,8H2,1-7H3/t10-,12+,14+,21?/m0/s1. The number of carbonyl (C=O) groups excluding carboxylic acids is 1. The fourth-order valence-electron chi connectivity index (χ4n) is 2.49. The molecule has 2 heterocycles.